The summed E-state index contributed by atoms with van der Waals surface area (Å²) in [6, 6.07) is 8.22. The number of carbonyl (C=O) groups is 2. The molecule has 2 heterocycles. The molecule has 3 N–H and O–H groups in total. The van der Waals surface area contributed by atoms with Gasteiger partial charge in [0.2, 0.25) is 0 Å². The fourth-order valence-corrected chi connectivity index (χ4v) is 3.36. The van der Waals surface area contributed by atoms with E-state index in [0.717, 1.165) is 17.0 Å². The van der Waals surface area contributed by atoms with Gasteiger partial charge in [0.05, 0.1) is 12.1 Å². The van der Waals surface area contributed by atoms with Gasteiger partial charge in [0.15, 0.2) is 0 Å². The van der Waals surface area contributed by atoms with Crippen LogP contribution in [0.1, 0.15) is 12.0 Å². The maximum atomic E-state index is 12.9. The highest BCUT2D eigenvalue weighted by atomic mass is 19.4. The molecule has 1 unspecified atom stereocenters. The minimum absolute atomic E-state index is 0.0634. The van der Waals surface area contributed by atoms with Crippen molar-refractivity contribution in [3.8, 4) is 11.1 Å². The number of carbonyl (C=O) groups excluding carboxylic acids is 1. The number of anilines is 1. The summed E-state index contributed by atoms with van der Waals surface area (Å²) in [5.41, 5.74) is 4.92. The monoisotopic (exact) mass is 408 g/mol. The molecule has 1 aromatic carbocycles. The zero-order valence-corrected chi connectivity index (χ0v) is 15.3. The minimum atomic E-state index is -4.43. The number of rotatable bonds is 4. The third-order valence-corrected chi connectivity index (χ3v) is 4.86. The van der Waals surface area contributed by atoms with Crippen molar-refractivity contribution in [2.75, 3.05) is 24.5 Å². The first-order valence-electron chi connectivity index (χ1n) is 8.76. The van der Waals surface area contributed by atoms with Gasteiger partial charge in [-0.1, -0.05) is 12.1 Å². The number of nitrogens with two attached hydrogens (primary N) is 1. The number of nitrogens with zero attached hydrogens (tertiary/aromatic N) is 3. The van der Waals surface area contributed by atoms with E-state index in [0.29, 0.717) is 29.8 Å². The summed E-state index contributed by atoms with van der Waals surface area (Å²) >= 11 is 0. The number of alkyl halides is 3. The van der Waals surface area contributed by atoms with Gasteiger partial charge in [0.1, 0.15) is 17.8 Å². The molecule has 0 bridgehead atoms. The lowest BCUT2D eigenvalue weighted by Gasteiger charge is -2.46. The molecule has 0 aliphatic carbocycles. The number of amides is 1. The van der Waals surface area contributed by atoms with E-state index in [1.807, 2.05) is 0 Å². The van der Waals surface area contributed by atoms with Crippen LogP contribution in [0.5, 0.6) is 0 Å². The molecule has 10 heteroatoms. The summed E-state index contributed by atoms with van der Waals surface area (Å²) in [5.74, 6) is 0.492. The molecular formula is C19H19F3N4O3. The van der Waals surface area contributed by atoms with Crippen molar-refractivity contribution in [3.05, 3.63) is 48.2 Å². The first-order valence-corrected chi connectivity index (χ1v) is 8.76. The Labute approximate surface area is 164 Å². The van der Waals surface area contributed by atoms with E-state index in [1.54, 1.807) is 23.1 Å². The molecule has 1 aromatic heterocycles. The molecule has 7 nitrogen and oxygen atoms in total. The first-order chi connectivity index (χ1) is 13.6. The average molecular weight is 408 g/mol. The Morgan fingerprint density at radius 2 is 2.00 bits per heavy atom. The standard InChI is InChI=1S/C19H19F3N4O3/c20-19(21,22)15-3-1-2-13(10-15)14-4-5-16(24-11-14)25-7-8-26(17(28)29)18(23,12-25)6-9-27/h1-5,9-11H,6-8,12,23H2,(H,28,29). The van der Waals surface area contributed by atoms with Crippen LogP contribution >= 0.6 is 0 Å². The molecule has 1 aliphatic rings. The van der Waals surface area contributed by atoms with Crippen LogP contribution in [0.4, 0.5) is 23.8 Å². The molecule has 1 aliphatic heterocycles. The number of hydrogen-bond acceptors (Lipinski definition) is 5. The summed E-state index contributed by atoms with van der Waals surface area (Å²) in [7, 11) is 0. The average Bonchev–Trinajstić information content (AvgIpc) is 2.67. The molecule has 1 amide bonds. The van der Waals surface area contributed by atoms with E-state index in [-0.39, 0.29) is 19.5 Å². The summed E-state index contributed by atoms with van der Waals surface area (Å²) in [6.07, 6.45) is -3.79. The Morgan fingerprint density at radius 3 is 2.59 bits per heavy atom. The highest BCUT2D eigenvalue weighted by Gasteiger charge is 2.41. The molecule has 1 atom stereocenters. The van der Waals surface area contributed by atoms with Crippen molar-refractivity contribution >= 4 is 18.2 Å². The third-order valence-electron chi connectivity index (χ3n) is 4.86. The molecule has 1 saturated heterocycles. The number of benzene rings is 1. The van der Waals surface area contributed by atoms with Crippen LogP contribution in [0.15, 0.2) is 42.6 Å². The largest absolute Gasteiger partial charge is 0.465 e. The molecule has 3 rings (SSSR count). The second kappa shape index (κ2) is 7.70. The maximum Gasteiger partial charge on any atom is 0.416 e. The molecule has 154 valence electrons. The van der Waals surface area contributed by atoms with Crippen molar-refractivity contribution in [1.82, 2.24) is 9.88 Å². The Hall–Kier alpha value is -3.14. The van der Waals surface area contributed by atoms with Gasteiger partial charge in [-0.2, -0.15) is 13.2 Å². The fourth-order valence-electron chi connectivity index (χ4n) is 3.36. The number of carboxylic acid groups (broad SMARTS) is 1. The Kier molecular flexibility index (Phi) is 5.47. The highest BCUT2D eigenvalue weighted by molar-refractivity contribution is 5.69. The van der Waals surface area contributed by atoms with Gasteiger partial charge in [-0.15, -0.1) is 0 Å². The Morgan fingerprint density at radius 1 is 1.24 bits per heavy atom. The lowest BCUT2D eigenvalue weighted by atomic mass is 10.0. The zero-order chi connectivity index (χ0) is 21.2. The van der Waals surface area contributed by atoms with Crippen molar-refractivity contribution in [2.24, 2.45) is 5.73 Å². The number of aldehydes is 1. The van der Waals surface area contributed by atoms with Crippen LogP contribution in [0.2, 0.25) is 0 Å². The number of pyridine rings is 1. The van der Waals surface area contributed by atoms with Crippen LogP contribution < -0.4 is 10.6 Å². The van der Waals surface area contributed by atoms with Crippen LogP contribution in [0.3, 0.4) is 0 Å². The first kappa shape index (κ1) is 20.6. The van der Waals surface area contributed by atoms with Gasteiger partial charge in [-0.25, -0.2) is 9.78 Å². The molecule has 0 spiro atoms. The van der Waals surface area contributed by atoms with Gasteiger partial charge in [-0.05, 0) is 29.8 Å². The predicted octanol–water partition coefficient (Wildman–Crippen LogP) is 2.81. The smallest absolute Gasteiger partial charge is 0.416 e. The van der Waals surface area contributed by atoms with E-state index < -0.39 is 23.5 Å². The molecule has 1 fully saturated rings. The van der Waals surface area contributed by atoms with Crippen molar-refractivity contribution in [3.63, 3.8) is 0 Å². The van der Waals surface area contributed by atoms with E-state index in [9.17, 15) is 27.9 Å². The molecule has 0 radical (unpaired) electrons. The number of halogens is 3. The van der Waals surface area contributed by atoms with Crippen LogP contribution in [-0.2, 0) is 11.0 Å². The Balaban J connectivity index is 1.82. The molecular weight excluding hydrogens is 389 g/mol. The van der Waals surface area contributed by atoms with Gasteiger partial charge >= 0.3 is 12.3 Å². The van der Waals surface area contributed by atoms with E-state index in [2.05, 4.69) is 4.98 Å². The van der Waals surface area contributed by atoms with Crippen molar-refractivity contribution in [2.45, 2.75) is 18.3 Å². The van der Waals surface area contributed by atoms with Gasteiger partial charge in [0.25, 0.3) is 0 Å². The topological polar surface area (TPSA) is 99.8 Å². The van der Waals surface area contributed by atoms with Gasteiger partial charge in [-0.3, -0.25) is 4.90 Å². The summed E-state index contributed by atoms with van der Waals surface area (Å²) < 4.78 is 38.7. The molecule has 2 aromatic rings. The maximum absolute atomic E-state index is 12.9. The van der Waals surface area contributed by atoms with Crippen LogP contribution in [-0.4, -0.2) is 52.7 Å². The lowest BCUT2D eigenvalue weighted by Crippen LogP contribution is -2.69. The Bertz CT molecular complexity index is 904. The van der Waals surface area contributed by atoms with E-state index >= 15 is 0 Å². The quantitative estimate of drug-likeness (QED) is 0.755. The summed E-state index contributed by atoms with van der Waals surface area (Å²) in [4.78, 5) is 29.5. The van der Waals surface area contributed by atoms with E-state index in [1.165, 1.54) is 12.3 Å². The fraction of sp³-hybridized carbons (Fsp3) is 0.316. The van der Waals surface area contributed by atoms with Crippen molar-refractivity contribution < 1.29 is 27.9 Å². The van der Waals surface area contributed by atoms with E-state index in [4.69, 9.17) is 5.73 Å². The third kappa shape index (κ3) is 4.32. The number of hydrogen-bond donors (Lipinski definition) is 2. The second-order valence-corrected chi connectivity index (χ2v) is 6.81. The van der Waals surface area contributed by atoms with Crippen LogP contribution in [0.25, 0.3) is 11.1 Å². The second-order valence-electron chi connectivity index (χ2n) is 6.81. The normalized spacial score (nSPS) is 19.9. The highest BCUT2D eigenvalue weighted by Crippen LogP contribution is 2.32. The van der Waals surface area contributed by atoms with Gasteiger partial charge < -0.3 is 20.5 Å². The number of aromatic nitrogens is 1. The minimum Gasteiger partial charge on any atom is -0.465 e. The summed E-state index contributed by atoms with van der Waals surface area (Å²) in [6.45, 7) is 0.477. The number of piperazine rings is 1. The zero-order valence-electron chi connectivity index (χ0n) is 15.3. The van der Waals surface area contributed by atoms with Crippen LogP contribution in [0, 0.1) is 0 Å². The summed E-state index contributed by atoms with van der Waals surface area (Å²) in [5, 5.41) is 9.32. The molecule has 29 heavy (non-hydrogen) atoms. The van der Waals surface area contributed by atoms with Gasteiger partial charge in [0, 0.05) is 31.3 Å². The SMILES string of the molecule is NC1(CC=O)CN(c2ccc(-c3cccc(C(F)(F)F)c3)cn2)CCN1C(=O)O. The lowest BCUT2D eigenvalue weighted by molar-refractivity contribution is -0.137. The molecule has 0 saturated carbocycles. The predicted molar refractivity (Wildman–Crippen MR) is 99.2 cm³/mol. The van der Waals surface area contributed by atoms with Crippen molar-refractivity contribution in [1.29, 1.82) is 0 Å².